The molecule has 1 amide bonds. The molecule has 1 aromatic carbocycles. The highest BCUT2D eigenvalue weighted by atomic mass is 32.2. The maximum Gasteiger partial charge on any atom is 0.230 e. The minimum absolute atomic E-state index is 0.0164. The number of nitrogens with zero attached hydrogens (tertiary/aromatic N) is 1. The van der Waals surface area contributed by atoms with E-state index in [1.54, 1.807) is 6.92 Å². The average Bonchev–Trinajstić information content (AvgIpc) is 2.36. The second-order valence-corrected chi connectivity index (χ2v) is 5.18. The fraction of sp³-hybridized carbons (Fsp3) is 0.385. The predicted molar refractivity (Wildman–Crippen MR) is 70.5 cm³/mol. The first-order valence-electron chi connectivity index (χ1n) is 5.75. The zero-order valence-corrected chi connectivity index (χ0v) is 11.3. The first kappa shape index (κ1) is 15.4. The summed E-state index contributed by atoms with van der Waals surface area (Å²) in [6, 6.07) is 5.61. The molecule has 1 unspecified atom stereocenters. The molecule has 0 heterocycles. The van der Waals surface area contributed by atoms with Gasteiger partial charge in [-0.05, 0) is 19.1 Å². The van der Waals surface area contributed by atoms with Gasteiger partial charge < -0.3 is 5.32 Å². The summed E-state index contributed by atoms with van der Waals surface area (Å²) in [5.41, 5.74) is -0.0164. The molecule has 0 aliphatic carbocycles. The van der Waals surface area contributed by atoms with Crippen LogP contribution >= 0.6 is 11.8 Å². The van der Waals surface area contributed by atoms with Crippen LogP contribution in [-0.2, 0) is 4.79 Å². The maximum absolute atomic E-state index is 13.5. The van der Waals surface area contributed by atoms with Crippen LogP contribution in [0.1, 0.15) is 24.2 Å². The zero-order chi connectivity index (χ0) is 14.3. The molecule has 1 aromatic rings. The van der Waals surface area contributed by atoms with E-state index < -0.39 is 16.9 Å². The van der Waals surface area contributed by atoms with Crippen LogP contribution in [0.5, 0.6) is 0 Å². The fourth-order valence-electron chi connectivity index (χ4n) is 1.49. The van der Waals surface area contributed by atoms with Crippen LogP contribution in [0, 0.1) is 23.0 Å². The lowest BCUT2D eigenvalue weighted by Gasteiger charge is -2.13. The highest BCUT2D eigenvalue weighted by Gasteiger charge is 2.17. The average molecular weight is 284 g/mol. The first-order chi connectivity index (χ1) is 9.06. The molecule has 0 fully saturated rings. The number of thioether (sulfide) groups is 1. The van der Waals surface area contributed by atoms with E-state index in [0.717, 1.165) is 11.8 Å². The molecule has 1 rings (SSSR count). The van der Waals surface area contributed by atoms with E-state index in [4.69, 9.17) is 5.26 Å². The van der Waals surface area contributed by atoms with Gasteiger partial charge in [0, 0.05) is 17.4 Å². The monoisotopic (exact) mass is 284 g/mol. The summed E-state index contributed by atoms with van der Waals surface area (Å²) in [5.74, 6) is -1.36. The molecule has 1 N–H and O–H groups in total. The fourth-order valence-corrected chi connectivity index (χ4v) is 2.39. The summed E-state index contributed by atoms with van der Waals surface area (Å²) >= 11 is 1.15. The van der Waals surface area contributed by atoms with Gasteiger partial charge in [-0.3, -0.25) is 4.79 Å². The molecular weight excluding hydrogens is 270 g/mol. The third-order valence-electron chi connectivity index (χ3n) is 2.43. The van der Waals surface area contributed by atoms with Crippen molar-refractivity contribution in [3.63, 3.8) is 0 Å². The quantitative estimate of drug-likeness (QED) is 0.817. The third-order valence-corrected chi connectivity index (χ3v) is 3.59. The van der Waals surface area contributed by atoms with Gasteiger partial charge in [-0.2, -0.15) is 5.26 Å². The number of carbonyl (C=O) groups excluding carboxylic acids is 1. The van der Waals surface area contributed by atoms with Crippen LogP contribution in [-0.4, -0.2) is 18.2 Å². The summed E-state index contributed by atoms with van der Waals surface area (Å²) in [4.78, 5) is 11.4. The van der Waals surface area contributed by atoms with Crippen molar-refractivity contribution in [3.8, 4) is 6.07 Å². The molecule has 0 saturated heterocycles. The van der Waals surface area contributed by atoms with Gasteiger partial charge in [-0.1, -0.05) is 6.07 Å². The van der Waals surface area contributed by atoms with Gasteiger partial charge in [0.1, 0.15) is 11.6 Å². The van der Waals surface area contributed by atoms with E-state index >= 15 is 0 Å². The van der Waals surface area contributed by atoms with Gasteiger partial charge >= 0.3 is 0 Å². The van der Waals surface area contributed by atoms with Crippen LogP contribution in [0.15, 0.2) is 18.2 Å². The van der Waals surface area contributed by atoms with Crippen molar-refractivity contribution in [1.29, 1.82) is 5.26 Å². The van der Waals surface area contributed by atoms with Gasteiger partial charge in [0.15, 0.2) is 0 Å². The normalized spacial score (nSPS) is 11.7. The van der Waals surface area contributed by atoms with Crippen LogP contribution in [0.25, 0.3) is 0 Å². The minimum Gasteiger partial charge on any atom is -0.354 e. The van der Waals surface area contributed by atoms with E-state index in [0.29, 0.717) is 6.54 Å². The number of hydrogen-bond donors (Lipinski definition) is 1. The van der Waals surface area contributed by atoms with E-state index in [2.05, 4.69) is 5.32 Å². The molecule has 0 spiro atoms. The second-order valence-electron chi connectivity index (χ2n) is 3.85. The number of hydrogen-bond acceptors (Lipinski definition) is 3. The number of nitrogens with one attached hydrogen (secondary N) is 1. The zero-order valence-electron chi connectivity index (χ0n) is 10.5. The Hall–Kier alpha value is -1.61. The van der Waals surface area contributed by atoms with Crippen molar-refractivity contribution < 1.29 is 13.6 Å². The van der Waals surface area contributed by atoms with E-state index in [1.165, 1.54) is 18.2 Å². The Balaban J connectivity index is 2.50. The van der Waals surface area contributed by atoms with Crippen LogP contribution in [0.2, 0.25) is 0 Å². The molecule has 0 radical (unpaired) electrons. The Morgan fingerprint density at radius 3 is 2.68 bits per heavy atom. The van der Waals surface area contributed by atoms with Crippen molar-refractivity contribution in [2.24, 2.45) is 0 Å². The summed E-state index contributed by atoms with van der Waals surface area (Å²) in [7, 11) is 0. The number of amides is 1. The molecule has 6 heteroatoms. The van der Waals surface area contributed by atoms with Crippen molar-refractivity contribution in [2.75, 3.05) is 12.3 Å². The van der Waals surface area contributed by atoms with Gasteiger partial charge in [0.25, 0.3) is 0 Å². The Labute approximate surface area is 115 Å². The van der Waals surface area contributed by atoms with E-state index in [-0.39, 0.29) is 23.6 Å². The Kier molecular flexibility index (Phi) is 6.30. The Morgan fingerprint density at radius 1 is 1.47 bits per heavy atom. The number of benzene rings is 1. The van der Waals surface area contributed by atoms with Gasteiger partial charge in [0.05, 0.1) is 18.2 Å². The van der Waals surface area contributed by atoms with E-state index in [1.807, 2.05) is 6.07 Å². The number of carbonyl (C=O) groups is 1. The lowest BCUT2D eigenvalue weighted by molar-refractivity contribution is -0.118. The molecular formula is C13H14F2N2OS. The van der Waals surface area contributed by atoms with Crippen molar-refractivity contribution in [1.82, 2.24) is 5.32 Å². The molecule has 0 bridgehead atoms. The van der Waals surface area contributed by atoms with Crippen LogP contribution in [0.3, 0.4) is 0 Å². The number of nitriles is 1. The minimum atomic E-state index is -0.607. The Bertz CT molecular complexity index is 468. The predicted octanol–water partition coefficient (Wildman–Crippen LogP) is 2.79. The molecule has 102 valence electrons. The first-order valence-corrected chi connectivity index (χ1v) is 6.80. The molecule has 3 nitrogen and oxygen atoms in total. The Morgan fingerprint density at radius 2 is 2.11 bits per heavy atom. The third kappa shape index (κ3) is 4.87. The maximum atomic E-state index is 13.5. The number of halogens is 2. The van der Waals surface area contributed by atoms with Crippen molar-refractivity contribution in [2.45, 2.75) is 18.6 Å². The lowest BCUT2D eigenvalue weighted by atomic mass is 10.1. The molecule has 0 aromatic heterocycles. The number of rotatable bonds is 6. The van der Waals surface area contributed by atoms with E-state index in [9.17, 15) is 13.6 Å². The van der Waals surface area contributed by atoms with Crippen molar-refractivity contribution in [3.05, 3.63) is 35.4 Å². The van der Waals surface area contributed by atoms with Crippen LogP contribution < -0.4 is 5.32 Å². The standard InChI is InChI=1S/C13H14F2N2OS/c1-9(13-10(14)4-2-5-11(13)15)19-8-12(18)17-7-3-6-16/h2,4-5,9H,3,7-8H2,1H3,(H,17,18). The second kappa shape index (κ2) is 7.74. The van der Waals surface area contributed by atoms with Gasteiger partial charge in [-0.15, -0.1) is 11.8 Å². The summed E-state index contributed by atoms with van der Waals surface area (Å²) in [5, 5.41) is 10.4. The van der Waals surface area contributed by atoms with Crippen molar-refractivity contribution >= 4 is 17.7 Å². The summed E-state index contributed by atoms with van der Waals surface area (Å²) in [6.07, 6.45) is 0.244. The molecule has 19 heavy (non-hydrogen) atoms. The molecule has 0 saturated carbocycles. The van der Waals surface area contributed by atoms with Gasteiger partial charge in [-0.25, -0.2) is 8.78 Å². The lowest BCUT2D eigenvalue weighted by Crippen LogP contribution is -2.26. The smallest absolute Gasteiger partial charge is 0.230 e. The highest BCUT2D eigenvalue weighted by molar-refractivity contribution is 8.00. The van der Waals surface area contributed by atoms with Crippen LogP contribution in [0.4, 0.5) is 8.78 Å². The van der Waals surface area contributed by atoms with Gasteiger partial charge in [0.2, 0.25) is 5.91 Å². The topological polar surface area (TPSA) is 52.9 Å². The summed E-state index contributed by atoms with van der Waals surface area (Å²) in [6.45, 7) is 1.94. The highest BCUT2D eigenvalue weighted by Crippen LogP contribution is 2.31. The SMILES string of the molecule is CC(SCC(=O)NCCC#N)c1c(F)cccc1F. The molecule has 0 aliphatic rings. The summed E-state index contributed by atoms with van der Waals surface area (Å²) < 4.78 is 27.0. The largest absolute Gasteiger partial charge is 0.354 e. The molecule has 0 aliphatic heterocycles. The molecule has 1 atom stereocenters.